The number of hydrogen-bond acceptors (Lipinski definition) is 11. The van der Waals surface area contributed by atoms with Crippen molar-refractivity contribution < 1.29 is 56.2 Å². The van der Waals surface area contributed by atoms with Crippen molar-refractivity contribution in [3.63, 3.8) is 0 Å². The molecule has 0 amide bonds. The lowest BCUT2D eigenvalue weighted by Crippen LogP contribution is -2.60. The average molecular weight is 907 g/mol. The van der Waals surface area contributed by atoms with Crippen molar-refractivity contribution >= 4 is 16.4 Å². The highest BCUT2D eigenvalue weighted by Gasteiger charge is 2.48. The van der Waals surface area contributed by atoms with E-state index < -0.39 is 59.8 Å². The van der Waals surface area contributed by atoms with Gasteiger partial charge in [0.25, 0.3) is 0 Å². The van der Waals surface area contributed by atoms with E-state index in [4.69, 9.17) is 18.9 Å². The molecule has 0 aromatic heterocycles. The Morgan fingerprint density at radius 2 is 1.02 bits per heavy atom. The number of carbonyl (C=O) groups excluding carboxylic acids is 1. The maximum Gasteiger partial charge on any atom is 0.397 e. The van der Waals surface area contributed by atoms with Crippen LogP contribution in [-0.2, 0) is 38.3 Å². The standard InChI is InChI=1S/C49H94O12S/c1-3-5-7-9-11-13-15-17-19-20-21-22-23-24-25-26-28-30-32-34-36-38-45(51)59-43(41-57-39-37-35-33-31-29-27-18-16-14-12-10-8-6-4-2)42-58-49-47(53)48(61-62(54,55)56)46(52)44(40-50)60-49/h20-21,43-44,46-50,52-53H,3-19,22-42H2,1-2H3,(H,54,55,56)/b21-20-. The number of carbonyl (C=O) groups is 1. The zero-order chi connectivity index (χ0) is 45.4. The van der Waals surface area contributed by atoms with Crippen LogP contribution in [0.5, 0.6) is 0 Å². The van der Waals surface area contributed by atoms with Gasteiger partial charge >= 0.3 is 16.4 Å². The van der Waals surface area contributed by atoms with Gasteiger partial charge in [-0.2, -0.15) is 8.42 Å². The maximum absolute atomic E-state index is 12.9. The molecule has 0 aliphatic carbocycles. The molecule has 0 bridgehead atoms. The molecule has 0 saturated carbocycles. The highest BCUT2D eigenvalue weighted by atomic mass is 32.3. The third kappa shape index (κ3) is 34.2. The molecule has 1 aliphatic rings. The van der Waals surface area contributed by atoms with E-state index in [-0.39, 0.29) is 19.6 Å². The van der Waals surface area contributed by atoms with Crippen LogP contribution in [-0.4, -0.2) is 97.5 Å². The monoisotopic (exact) mass is 907 g/mol. The van der Waals surface area contributed by atoms with Crippen molar-refractivity contribution in [3.05, 3.63) is 12.2 Å². The van der Waals surface area contributed by atoms with E-state index >= 15 is 0 Å². The van der Waals surface area contributed by atoms with Gasteiger partial charge in [-0.25, -0.2) is 4.18 Å². The number of unbranched alkanes of at least 4 members (excludes halogenated alkanes) is 30. The predicted octanol–water partition coefficient (Wildman–Crippen LogP) is 11.4. The fourth-order valence-electron chi connectivity index (χ4n) is 8.02. The normalized spacial score (nSPS) is 20.0. The van der Waals surface area contributed by atoms with Crippen molar-refractivity contribution in [2.75, 3.05) is 26.4 Å². The molecule has 1 heterocycles. The lowest BCUT2D eigenvalue weighted by atomic mass is 9.99. The smallest absolute Gasteiger partial charge is 0.397 e. The largest absolute Gasteiger partial charge is 0.457 e. The Kier molecular flexibility index (Phi) is 39.2. The minimum atomic E-state index is -5.06. The summed E-state index contributed by atoms with van der Waals surface area (Å²) in [5.74, 6) is -0.396. The van der Waals surface area contributed by atoms with Crippen LogP contribution in [0.4, 0.5) is 0 Å². The zero-order valence-corrected chi connectivity index (χ0v) is 40.3. The first-order valence-electron chi connectivity index (χ1n) is 25.4. The lowest BCUT2D eigenvalue weighted by molar-refractivity contribution is -0.301. The van der Waals surface area contributed by atoms with Crippen molar-refractivity contribution in [2.45, 2.75) is 269 Å². The Morgan fingerprint density at radius 3 is 1.45 bits per heavy atom. The summed E-state index contributed by atoms with van der Waals surface area (Å²) >= 11 is 0. The van der Waals surface area contributed by atoms with Gasteiger partial charge in [0.1, 0.15) is 30.5 Å². The molecule has 0 spiro atoms. The van der Waals surface area contributed by atoms with Gasteiger partial charge in [-0.3, -0.25) is 9.35 Å². The lowest BCUT2D eigenvalue weighted by Gasteiger charge is -2.41. The number of aliphatic hydroxyl groups is 3. The fourth-order valence-corrected chi connectivity index (χ4v) is 8.53. The Bertz CT molecular complexity index is 1140. The van der Waals surface area contributed by atoms with Crippen LogP contribution in [0.15, 0.2) is 12.2 Å². The van der Waals surface area contributed by atoms with Gasteiger partial charge in [-0.1, -0.05) is 199 Å². The summed E-state index contributed by atoms with van der Waals surface area (Å²) in [6, 6.07) is 0. The van der Waals surface area contributed by atoms with Gasteiger partial charge in [-0.15, -0.1) is 0 Å². The Labute approximate surface area is 379 Å². The van der Waals surface area contributed by atoms with E-state index in [1.54, 1.807) is 0 Å². The van der Waals surface area contributed by atoms with Gasteiger partial charge < -0.3 is 34.3 Å². The summed E-state index contributed by atoms with van der Waals surface area (Å²) in [4.78, 5) is 12.9. The van der Waals surface area contributed by atoms with Crippen molar-refractivity contribution in [2.24, 2.45) is 0 Å². The van der Waals surface area contributed by atoms with Crippen molar-refractivity contribution in [1.82, 2.24) is 0 Å². The topological polar surface area (TPSA) is 178 Å². The number of esters is 1. The highest BCUT2D eigenvalue weighted by Crippen LogP contribution is 2.26. The first-order chi connectivity index (χ1) is 30.1. The van der Waals surface area contributed by atoms with E-state index in [0.717, 1.165) is 38.5 Å². The maximum atomic E-state index is 12.9. The SMILES string of the molecule is CCCCCCCCCC/C=C\CCCCCCCCCCCC(=O)OC(COCCCCCCCCCCCCCCCC)COC1OC(CO)C(O)C(OS(=O)(=O)O)C1O. The molecule has 6 unspecified atom stereocenters. The number of ether oxygens (including phenoxy) is 4. The second kappa shape index (κ2) is 41.3. The zero-order valence-electron chi connectivity index (χ0n) is 39.5. The molecule has 1 aliphatic heterocycles. The molecule has 6 atom stereocenters. The summed E-state index contributed by atoms with van der Waals surface area (Å²) in [6.45, 7) is 4.03. The second-order valence-electron chi connectivity index (χ2n) is 17.8. The van der Waals surface area contributed by atoms with Gasteiger partial charge in [-0.05, 0) is 38.5 Å². The molecule has 1 saturated heterocycles. The molecule has 0 radical (unpaired) electrons. The molecular formula is C49H94O12S. The summed E-state index contributed by atoms with van der Waals surface area (Å²) < 4.78 is 59.2. The number of rotatable bonds is 45. The molecule has 4 N–H and O–H groups in total. The first-order valence-corrected chi connectivity index (χ1v) is 26.8. The predicted molar refractivity (Wildman–Crippen MR) is 248 cm³/mol. The quantitative estimate of drug-likeness (QED) is 0.0197. The summed E-state index contributed by atoms with van der Waals surface area (Å²) in [6.07, 6.45) is 36.7. The van der Waals surface area contributed by atoms with E-state index in [1.807, 2.05) is 0 Å². The van der Waals surface area contributed by atoms with Gasteiger partial charge in [0.15, 0.2) is 6.29 Å². The van der Waals surface area contributed by atoms with Crippen molar-refractivity contribution in [3.8, 4) is 0 Å². The van der Waals surface area contributed by atoms with Crippen LogP contribution in [0.3, 0.4) is 0 Å². The molecule has 1 fully saturated rings. The minimum absolute atomic E-state index is 0.0413. The molecule has 1 rings (SSSR count). The second-order valence-corrected chi connectivity index (χ2v) is 18.8. The third-order valence-corrected chi connectivity index (χ3v) is 12.4. The summed E-state index contributed by atoms with van der Waals surface area (Å²) in [5.41, 5.74) is 0. The van der Waals surface area contributed by atoms with E-state index in [2.05, 4.69) is 30.2 Å². The fraction of sp³-hybridized carbons (Fsp3) is 0.939. The highest BCUT2D eigenvalue weighted by molar-refractivity contribution is 7.80. The van der Waals surface area contributed by atoms with Crippen LogP contribution in [0.2, 0.25) is 0 Å². The molecule has 0 aromatic carbocycles. The first kappa shape index (κ1) is 58.9. The van der Waals surface area contributed by atoms with Crippen LogP contribution < -0.4 is 0 Å². The minimum Gasteiger partial charge on any atom is -0.457 e. The number of aliphatic hydroxyl groups excluding tert-OH is 3. The molecule has 62 heavy (non-hydrogen) atoms. The molecule has 13 heteroatoms. The number of hydrogen-bond donors (Lipinski definition) is 4. The van der Waals surface area contributed by atoms with Crippen LogP contribution in [0.1, 0.15) is 232 Å². The van der Waals surface area contributed by atoms with Crippen molar-refractivity contribution in [1.29, 1.82) is 0 Å². The van der Waals surface area contributed by atoms with Crippen LogP contribution in [0.25, 0.3) is 0 Å². The van der Waals surface area contributed by atoms with Gasteiger partial charge in [0.2, 0.25) is 0 Å². The average Bonchev–Trinajstić information content (AvgIpc) is 3.24. The Hall–Kier alpha value is -1.16. The molecule has 368 valence electrons. The summed E-state index contributed by atoms with van der Waals surface area (Å²) in [7, 11) is -5.06. The third-order valence-electron chi connectivity index (χ3n) is 11.9. The van der Waals surface area contributed by atoms with E-state index in [0.29, 0.717) is 13.0 Å². The van der Waals surface area contributed by atoms with E-state index in [1.165, 1.54) is 167 Å². The van der Waals surface area contributed by atoms with Crippen LogP contribution in [0, 0.1) is 0 Å². The summed E-state index contributed by atoms with van der Waals surface area (Å²) in [5, 5.41) is 30.7. The Morgan fingerprint density at radius 1 is 0.597 bits per heavy atom. The van der Waals surface area contributed by atoms with Gasteiger partial charge in [0, 0.05) is 13.0 Å². The molecular weight excluding hydrogens is 813 g/mol. The Balaban J connectivity index is 2.34. The molecule has 12 nitrogen and oxygen atoms in total. The molecule has 0 aromatic rings. The van der Waals surface area contributed by atoms with E-state index in [9.17, 15) is 33.1 Å². The van der Waals surface area contributed by atoms with Crippen LogP contribution >= 0.6 is 0 Å². The number of allylic oxidation sites excluding steroid dienone is 2. The van der Waals surface area contributed by atoms with Gasteiger partial charge in [0.05, 0.1) is 19.8 Å².